The van der Waals surface area contributed by atoms with E-state index in [2.05, 4.69) is 4.99 Å². The molecule has 2 unspecified atom stereocenters. The van der Waals surface area contributed by atoms with Crippen LogP contribution in [-0.2, 0) is 28.6 Å². The fraction of sp³-hybridized carbons (Fsp3) is 0.524. The van der Waals surface area contributed by atoms with Gasteiger partial charge in [-0.3, -0.25) is 14.4 Å². The zero-order valence-corrected chi connectivity index (χ0v) is 17.9. The zero-order chi connectivity index (χ0) is 21.5. The van der Waals surface area contributed by atoms with Crippen LogP contribution in [0.25, 0.3) is 0 Å². The minimum atomic E-state index is -1.26. The van der Waals surface area contributed by atoms with Gasteiger partial charge in [0, 0.05) is 19.0 Å². The Morgan fingerprint density at radius 1 is 1.13 bits per heavy atom. The van der Waals surface area contributed by atoms with E-state index in [1.54, 1.807) is 26.0 Å². The maximum atomic E-state index is 12.9. The second kappa shape index (κ2) is 10.6. The van der Waals surface area contributed by atoms with E-state index in [1.165, 1.54) is 11.8 Å². The lowest BCUT2D eigenvalue weighted by atomic mass is 9.82. The van der Waals surface area contributed by atoms with Gasteiger partial charge in [0.15, 0.2) is 11.1 Å². The third kappa shape index (κ3) is 5.02. The number of amides is 1. The van der Waals surface area contributed by atoms with Crippen molar-refractivity contribution in [3.05, 3.63) is 35.9 Å². The fourth-order valence-electron chi connectivity index (χ4n) is 3.55. The van der Waals surface area contributed by atoms with Crippen molar-refractivity contribution in [2.75, 3.05) is 39.5 Å². The van der Waals surface area contributed by atoms with Crippen LogP contribution in [-0.4, -0.2) is 72.7 Å². The lowest BCUT2D eigenvalue weighted by Crippen LogP contribution is -2.40. The van der Waals surface area contributed by atoms with E-state index in [0.717, 1.165) is 0 Å². The molecule has 0 saturated carbocycles. The number of nitrogens with zero attached hydrogens (tertiary/aromatic N) is 2. The lowest BCUT2D eigenvalue weighted by molar-refractivity contribution is -0.162. The van der Waals surface area contributed by atoms with E-state index >= 15 is 0 Å². The van der Waals surface area contributed by atoms with E-state index in [-0.39, 0.29) is 19.1 Å². The maximum absolute atomic E-state index is 12.9. The Labute approximate surface area is 179 Å². The highest BCUT2D eigenvalue weighted by atomic mass is 32.2. The molecular formula is C21H26N2O6S. The first-order valence-electron chi connectivity index (χ1n) is 10.1. The van der Waals surface area contributed by atoms with Gasteiger partial charge in [0.25, 0.3) is 5.91 Å². The molecule has 3 rings (SSSR count). The van der Waals surface area contributed by atoms with Crippen molar-refractivity contribution < 1.29 is 28.6 Å². The van der Waals surface area contributed by atoms with Crippen LogP contribution in [0.4, 0.5) is 0 Å². The Morgan fingerprint density at radius 3 is 2.30 bits per heavy atom. The molecule has 1 saturated heterocycles. The molecule has 8 nitrogen and oxygen atoms in total. The number of morpholine rings is 1. The van der Waals surface area contributed by atoms with Gasteiger partial charge in [0.05, 0.1) is 26.4 Å². The molecule has 0 aliphatic carbocycles. The van der Waals surface area contributed by atoms with Gasteiger partial charge in [-0.05, 0) is 19.4 Å². The Morgan fingerprint density at radius 2 is 1.73 bits per heavy atom. The van der Waals surface area contributed by atoms with Gasteiger partial charge in [-0.15, -0.1) is 0 Å². The average Bonchev–Trinajstić information content (AvgIpc) is 3.14. The first kappa shape index (κ1) is 22.3. The first-order chi connectivity index (χ1) is 14.6. The highest BCUT2D eigenvalue weighted by molar-refractivity contribution is 8.15. The van der Waals surface area contributed by atoms with Gasteiger partial charge in [-0.25, -0.2) is 0 Å². The number of ether oxygens (including phenoxy) is 3. The summed E-state index contributed by atoms with van der Waals surface area (Å²) in [6.45, 7) is 6.00. The summed E-state index contributed by atoms with van der Waals surface area (Å²) in [7, 11) is 0. The van der Waals surface area contributed by atoms with Gasteiger partial charge in [0.2, 0.25) is 0 Å². The number of benzene rings is 1. The molecule has 0 bridgehead atoms. The quantitative estimate of drug-likeness (QED) is 0.474. The first-order valence-corrected chi connectivity index (χ1v) is 10.9. The highest BCUT2D eigenvalue weighted by Gasteiger charge is 2.48. The Bertz CT molecular complexity index is 776. The summed E-state index contributed by atoms with van der Waals surface area (Å²) in [5.41, 5.74) is 0.688. The summed E-state index contributed by atoms with van der Waals surface area (Å²) < 4.78 is 15.7. The van der Waals surface area contributed by atoms with Gasteiger partial charge in [0.1, 0.15) is 5.25 Å². The largest absolute Gasteiger partial charge is 0.465 e. The van der Waals surface area contributed by atoms with E-state index in [4.69, 9.17) is 14.2 Å². The predicted octanol–water partition coefficient (Wildman–Crippen LogP) is 1.84. The normalized spacial score (nSPS) is 20.1. The lowest BCUT2D eigenvalue weighted by Gasteiger charge is -2.30. The number of esters is 2. The molecule has 1 aromatic rings. The molecule has 0 N–H and O–H groups in total. The van der Waals surface area contributed by atoms with Crippen molar-refractivity contribution in [1.29, 1.82) is 0 Å². The van der Waals surface area contributed by atoms with Gasteiger partial charge in [-0.1, -0.05) is 42.1 Å². The molecule has 1 aromatic carbocycles. The molecule has 162 valence electrons. The number of carbonyl (C=O) groups is 3. The molecule has 0 radical (unpaired) electrons. The van der Waals surface area contributed by atoms with Crippen molar-refractivity contribution >= 4 is 34.8 Å². The second-order valence-corrected chi connectivity index (χ2v) is 7.90. The van der Waals surface area contributed by atoms with Crippen LogP contribution in [0.3, 0.4) is 0 Å². The number of aliphatic imine (C=N–C) groups is 1. The van der Waals surface area contributed by atoms with Crippen molar-refractivity contribution in [1.82, 2.24) is 4.90 Å². The van der Waals surface area contributed by atoms with Crippen LogP contribution >= 0.6 is 11.8 Å². The Balaban J connectivity index is 1.95. The van der Waals surface area contributed by atoms with Gasteiger partial charge in [-0.2, -0.15) is 4.99 Å². The third-order valence-electron chi connectivity index (χ3n) is 4.91. The van der Waals surface area contributed by atoms with Crippen LogP contribution in [0.15, 0.2) is 35.3 Å². The number of carbonyl (C=O) groups excluding carboxylic acids is 3. The van der Waals surface area contributed by atoms with Crippen molar-refractivity contribution in [2.45, 2.75) is 25.0 Å². The predicted molar refractivity (Wildman–Crippen MR) is 112 cm³/mol. The molecule has 0 aromatic heterocycles. The Hall–Kier alpha value is -2.39. The molecule has 1 amide bonds. The molecule has 9 heteroatoms. The molecule has 30 heavy (non-hydrogen) atoms. The van der Waals surface area contributed by atoms with E-state index in [1.807, 2.05) is 23.1 Å². The maximum Gasteiger partial charge on any atom is 0.321 e. The minimum absolute atomic E-state index is 0.123. The molecule has 2 heterocycles. The standard InChI is InChI=1S/C21H26N2O6S/c1-3-28-19(25)16(20(26)29-4-2)15(14-8-6-5-7-9-14)17-18(24)22-21(30-17)23-10-12-27-13-11-23/h5-9,15-17H,3-4,10-13H2,1-2H3. The smallest absolute Gasteiger partial charge is 0.321 e. The van der Waals surface area contributed by atoms with Crippen LogP contribution in [0, 0.1) is 5.92 Å². The molecule has 2 atom stereocenters. The van der Waals surface area contributed by atoms with E-state index < -0.39 is 29.0 Å². The summed E-state index contributed by atoms with van der Waals surface area (Å²) in [4.78, 5) is 44.8. The van der Waals surface area contributed by atoms with Crippen molar-refractivity contribution in [3.8, 4) is 0 Å². The number of thioether (sulfide) groups is 1. The highest BCUT2D eigenvalue weighted by Crippen LogP contribution is 2.41. The molecule has 0 spiro atoms. The number of rotatable bonds is 7. The SMILES string of the molecule is CCOC(=O)C(C(=O)OCC)C(c1ccccc1)C1SC(N2CCOCC2)=NC1=O. The molecule has 2 aliphatic heterocycles. The summed E-state index contributed by atoms with van der Waals surface area (Å²) in [6.07, 6.45) is 0. The monoisotopic (exact) mass is 434 g/mol. The second-order valence-electron chi connectivity index (χ2n) is 6.79. The Kier molecular flexibility index (Phi) is 7.87. The summed E-state index contributed by atoms with van der Waals surface area (Å²) in [5, 5.41) is -0.134. The third-order valence-corrected chi connectivity index (χ3v) is 6.22. The molecule has 2 aliphatic rings. The minimum Gasteiger partial charge on any atom is -0.465 e. The fourth-order valence-corrected chi connectivity index (χ4v) is 4.86. The van der Waals surface area contributed by atoms with E-state index in [9.17, 15) is 14.4 Å². The summed E-state index contributed by atoms with van der Waals surface area (Å²) in [6, 6.07) is 9.06. The molecule has 1 fully saturated rings. The number of amidine groups is 1. The van der Waals surface area contributed by atoms with Crippen LogP contribution < -0.4 is 0 Å². The molecular weight excluding hydrogens is 408 g/mol. The van der Waals surface area contributed by atoms with Crippen molar-refractivity contribution in [3.63, 3.8) is 0 Å². The van der Waals surface area contributed by atoms with Gasteiger partial charge >= 0.3 is 11.9 Å². The summed E-state index contributed by atoms with van der Waals surface area (Å²) in [5.74, 6) is -3.78. The van der Waals surface area contributed by atoms with Crippen LogP contribution in [0.5, 0.6) is 0 Å². The van der Waals surface area contributed by atoms with Gasteiger partial charge < -0.3 is 19.1 Å². The van der Waals surface area contributed by atoms with E-state index in [0.29, 0.717) is 37.0 Å². The van der Waals surface area contributed by atoms with Crippen LogP contribution in [0.2, 0.25) is 0 Å². The average molecular weight is 435 g/mol. The summed E-state index contributed by atoms with van der Waals surface area (Å²) >= 11 is 1.28. The number of hydrogen-bond donors (Lipinski definition) is 0. The van der Waals surface area contributed by atoms with Crippen LogP contribution in [0.1, 0.15) is 25.3 Å². The van der Waals surface area contributed by atoms with Crippen molar-refractivity contribution in [2.24, 2.45) is 10.9 Å². The topological polar surface area (TPSA) is 94.5 Å². The zero-order valence-electron chi connectivity index (χ0n) is 17.1. The number of hydrogen-bond acceptors (Lipinski definition) is 8.